The van der Waals surface area contributed by atoms with Crippen LogP contribution in [0.5, 0.6) is 0 Å². The molecule has 2 unspecified atom stereocenters. The molecule has 0 bridgehead atoms. The Balaban J connectivity index is 1.45. The predicted molar refractivity (Wildman–Crippen MR) is 142 cm³/mol. The molecule has 3 aromatic carbocycles. The van der Waals surface area contributed by atoms with Crippen molar-refractivity contribution in [3.05, 3.63) is 100 Å². The molecule has 0 spiro atoms. The van der Waals surface area contributed by atoms with E-state index in [0.717, 1.165) is 67.7 Å². The van der Waals surface area contributed by atoms with E-state index in [0.29, 0.717) is 6.42 Å². The summed E-state index contributed by atoms with van der Waals surface area (Å²) >= 11 is 0. The van der Waals surface area contributed by atoms with Crippen LogP contribution in [0.15, 0.2) is 72.3 Å². The summed E-state index contributed by atoms with van der Waals surface area (Å²) in [5.41, 5.74) is 9.88. The normalized spacial score (nSPS) is 21.4. The fourth-order valence-electron chi connectivity index (χ4n) is 6.86. The Morgan fingerprint density at radius 3 is 2.65 bits per heavy atom. The van der Waals surface area contributed by atoms with Gasteiger partial charge in [0.15, 0.2) is 0 Å². The van der Waals surface area contributed by atoms with Crippen molar-refractivity contribution in [1.29, 1.82) is 5.26 Å². The van der Waals surface area contributed by atoms with E-state index in [9.17, 15) is 10.1 Å². The number of aromatic nitrogens is 3. The fourth-order valence-corrected chi connectivity index (χ4v) is 6.86. The van der Waals surface area contributed by atoms with Crippen LogP contribution in [0.2, 0.25) is 0 Å². The molecule has 2 atom stereocenters. The van der Waals surface area contributed by atoms with Crippen molar-refractivity contribution < 1.29 is 4.79 Å². The number of hydrogen-bond donors (Lipinski definition) is 2. The van der Waals surface area contributed by atoms with E-state index in [4.69, 9.17) is 9.97 Å². The second-order valence-electron chi connectivity index (χ2n) is 10.3. The summed E-state index contributed by atoms with van der Waals surface area (Å²) in [6.45, 7) is 2.07. The van der Waals surface area contributed by atoms with Crippen LogP contribution in [0.25, 0.3) is 38.8 Å². The van der Waals surface area contributed by atoms with E-state index in [1.54, 1.807) is 0 Å². The van der Waals surface area contributed by atoms with Gasteiger partial charge in [0.1, 0.15) is 11.6 Å². The fraction of sp³-hybridized carbons (Fsp3) is 0.161. The molecule has 0 radical (unpaired) electrons. The van der Waals surface area contributed by atoms with Gasteiger partial charge in [-0.1, -0.05) is 48.5 Å². The number of para-hydroxylation sites is 2. The predicted octanol–water partition coefficient (Wildman–Crippen LogP) is 5.32. The minimum absolute atomic E-state index is 0.184. The maximum atomic E-state index is 13.4. The van der Waals surface area contributed by atoms with E-state index in [2.05, 4.69) is 53.6 Å². The second-order valence-corrected chi connectivity index (χ2v) is 10.3. The smallest absolute Gasteiger partial charge is 0.263 e. The van der Waals surface area contributed by atoms with Crippen molar-refractivity contribution in [2.45, 2.75) is 31.2 Å². The summed E-state index contributed by atoms with van der Waals surface area (Å²) in [4.78, 5) is 27.2. The van der Waals surface area contributed by atoms with Crippen LogP contribution in [-0.4, -0.2) is 26.4 Å². The molecule has 6 heteroatoms. The van der Waals surface area contributed by atoms with E-state index in [1.807, 2.05) is 36.4 Å². The first-order chi connectivity index (χ1) is 18.1. The SMILES string of the molecule is Cc1ccc2c3c([nH]c2c1)C1=C(C#N)C(=O)NC1(C1c2ccccc2-c2nc4ccccc4nc21)CC3. The Morgan fingerprint density at radius 1 is 1.03 bits per heavy atom. The number of aromatic amines is 1. The number of fused-ring (bicyclic) bond motifs is 9. The molecule has 0 saturated heterocycles. The average Bonchev–Trinajstić information content (AvgIpc) is 3.53. The summed E-state index contributed by atoms with van der Waals surface area (Å²) < 4.78 is 0. The third-order valence-corrected chi connectivity index (χ3v) is 8.34. The van der Waals surface area contributed by atoms with Crippen molar-refractivity contribution >= 4 is 33.4 Å². The Bertz CT molecular complexity index is 1920. The number of hydrogen-bond acceptors (Lipinski definition) is 4. The summed E-state index contributed by atoms with van der Waals surface area (Å²) in [6.07, 6.45) is 1.44. The molecular weight excluding hydrogens is 458 g/mol. The number of nitrogens with zero attached hydrogens (tertiary/aromatic N) is 3. The molecule has 3 heterocycles. The quantitative estimate of drug-likeness (QED) is 0.340. The summed E-state index contributed by atoms with van der Waals surface area (Å²) in [5, 5.41) is 14.7. The Labute approximate surface area is 212 Å². The lowest BCUT2D eigenvalue weighted by atomic mass is 9.67. The molecule has 2 N–H and O–H groups in total. The molecule has 0 saturated carbocycles. The third kappa shape index (κ3) is 2.51. The summed E-state index contributed by atoms with van der Waals surface area (Å²) in [7, 11) is 0. The van der Waals surface area contributed by atoms with Gasteiger partial charge in [-0.25, -0.2) is 9.97 Å². The highest BCUT2D eigenvalue weighted by Crippen LogP contribution is 2.58. The van der Waals surface area contributed by atoms with Gasteiger partial charge < -0.3 is 10.3 Å². The summed E-state index contributed by atoms with van der Waals surface area (Å²) in [6, 6.07) is 24.8. The van der Waals surface area contributed by atoms with Gasteiger partial charge in [-0.2, -0.15) is 5.26 Å². The number of carbonyl (C=O) groups is 1. The lowest BCUT2D eigenvalue weighted by Gasteiger charge is -2.41. The van der Waals surface area contributed by atoms with Crippen LogP contribution in [0, 0.1) is 18.3 Å². The number of H-pyrrole nitrogens is 1. The van der Waals surface area contributed by atoms with E-state index in [1.165, 1.54) is 5.56 Å². The number of rotatable bonds is 1. The minimum Gasteiger partial charge on any atom is -0.354 e. The lowest BCUT2D eigenvalue weighted by molar-refractivity contribution is -0.117. The zero-order valence-electron chi connectivity index (χ0n) is 20.1. The van der Waals surface area contributed by atoms with Crippen LogP contribution in [-0.2, 0) is 11.2 Å². The highest BCUT2D eigenvalue weighted by atomic mass is 16.2. The topological polar surface area (TPSA) is 94.5 Å². The van der Waals surface area contributed by atoms with Crippen molar-refractivity contribution in [1.82, 2.24) is 20.3 Å². The molecule has 2 aromatic heterocycles. The zero-order chi connectivity index (χ0) is 24.9. The monoisotopic (exact) mass is 479 g/mol. The van der Waals surface area contributed by atoms with Crippen molar-refractivity contribution in [2.75, 3.05) is 0 Å². The Kier molecular flexibility index (Phi) is 3.82. The number of carbonyl (C=O) groups excluding carboxylic acids is 1. The molecule has 8 rings (SSSR count). The molecule has 37 heavy (non-hydrogen) atoms. The van der Waals surface area contributed by atoms with Crippen LogP contribution >= 0.6 is 0 Å². The van der Waals surface area contributed by atoms with Crippen LogP contribution in [0.3, 0.4) is 0 Å². The molecule has 0 fully saturated rings. The van der Waals surface area contributed by atoms with Crippen LogP contribution < -0.4 is 5.32 Å². The van der Waals surface area contributed by atoms with Gasteiger partial charge >= 0.3 is 0 Å². The highest BCUT2D eigenvalue weighted by Gasteiger charge is 2.57. The number of benzene rings is 3. The second kappa shape index (κ2) is 6.92. The first-order valence-electron chi connectivity index (χ1n) is 12.5. The first kappa shape index (κ1) is 20.4. The molecule has 6 nitrogen and oxygen atoms in total. The first-order valence-corrected chi connectivity index (χ1v) is 12.5. The minimum atomic E-state index is -0.802. The number of aryl methyl sites for hydroxylation is 2. The van der Waals surface area contributed by atoms with Crippen LogP contribution in [0.4, 0.5) is 0 Å². The molecule has 1 aliphatic heterocycles. The van der Waals surface area contributed by atoms with Gasteiger partial charge in [-0.15, -0.1) is 0 Å². The molecule has 3 aliphatic rings. The average molecular weight is 480 g/mol. The molecule has 5 aromatic rings. The zero-order valence-corrected chi connectivity index (χ0v) is 20.1. The molecule has 1 amide bonds. The summed E-state index contributed by atoms with van der Waals surface area (Å²) in [5.74, 6) is -0.582. The third-order valence-electron chi connectivity index (χ3n) is 8.34. The largest absolute Gasteiger partial charge is 0.354 e. The Morgan fingerprint density at radius 2 is 1.81 bits per heavy atom. The van der Waals surface area contributed by atoms with E-state index < -0.39 is 5.54 Å². The van der Waals surface area contributed by atoms with Crippen molar-refractivity contribution in [3.63, 3.8) is 0 Å². The van der Waals surface area contributed by atoms with Crippen molar-refractivity contribution in [2.24, 2.45) is 0 Å². The maximum Gasteiger partial charge on any atom is 0.263 e. The van der Waals surface area contributed by atoms with Gasteiger partial charge in [-0.3, -0.25) is 4.79 Å². The number of amides is 1. The number of nitriles is 1. The molecular formula is C31H21N5O. The lowest BCUT2D eigenvalue weighted by Crippen LogP contribution is -2.51. The van der Waals surface area contributed by atoms with Gasteiger partial charge in [0.05, 0.1) is 33.9 Å². The molecule has 2 aliphatic carbocycles. The van der Waals surface area contributed by atoms with Crippen LogP contribution in [0.1, 0.15) is 40.4 Å². The highest BCUT2D eigenvalue weighted by molar-refractivity contribution is 6.14. The molecule has 176 valence electrons. The standard InChI is InChI=1S/C31H21N5O/c1-16-10-11-17-20-12-13-31(26(21(15-32)30(37)36-31)27(20)35-24(17)14-16)25-18-6-2-3-7-19(18)28-29(25)34-23-9-5-4-8-22(23)33-28/h2-11,14,25,35H,12-13H2,1H3,(H,36,37). The number of nitrogens with one attached hydrogen (secondary N) is 2. The maximum absolute atomic E-state index is 13.4. The Hall–Kier alpha value is -4.76. The van der Waals surface area contributed by atoms with Gasteiger partial charge in [-0.05, 0) is 54.7 Å². The van der Waals surface area contributed by atoms with E-state index >= 15 is 0 Å². The van der Waals surface area contributed by atoms with E-state index in [-0.39, 0.29) is 17.4 Å². The van der Waals surface area contributed by atoms with Gasteiger partial charge in [0.25, 0.3) is 5.91 Å². The van der Waals surface area contributed by atoms with Gasteiger partial charge in [0, 0.05) is 27.7 Å². The van der Waals surface area contributed by atoms with Crippen molar-refractivity contribution in [3.8, 4) is 17.3 Å². The van der Waals surface area contributed by atoms with Gasteiger partial charge in [0.2, 0.25) is 0 Å².